The lowest BCUT2D eigenvalue weighted by atomic mass is 10.1. The Balaban J connectivity index is 3.49. The predicted molar refractivity (Wildman–Crippen MR) is 98.1 cm³/mol. The van der Waals surface area contributed by atoms with E-state index in [2.05, 4.69) is 6.92 Å². The molecule has 1 N–H and O–H groups in total. The van der Waals surface area contributed by atoms with Crippen molar-refractivity contribution in [2.45, 2.75) is 116 Å². The van der Waals surface area contributed by atoms with Gasteiger partial charge in [-0.1, -0.05) is 84.5 Å². The molecule has 4 heteroatoms. The zero-order valence-corrected chi connectivity index (χ0v) is 15.9. The Bertz CT molecular complexity index is 315. The van der Waals surface area contributed by atoms with E-state index in [1.54, 1.807) is 0 Å². The Morgan fingerprint density at radius 2 is 1.29 bits per heavy atom. The summed E-state index contributed by atoms with van der Waals surface area (Å²) in [6, 6.07) is 0. The Morgan fingerprint density at radius 3 is 1.75 bits per heavy atom. The van der Waals surface area contributed by atoms with Crippen LogP contribution in [0.25, 0.3) is 0 Å². The average Bonchev–Trinajstić information content (AvgIpc) is 2.52. The van der Waals surface area contributed by atoms with Gasteiger partial charge >= 0.3 is 11.9 Å². The van der Waals surface area contributed by atoms with E-state index < -0.39 is 12.1 Å². The van der Waals surface area contributed by atoms with E-state index in [-0.39, 0.29) is 12.4 Å². The third-order valence-corrected chi connectivity index (χ3v) is 4.30. The molecule has 0 amide bonds. The van der Waals surface area contributed by atoms with Gasteiger partial charge in [-0.05, 0) is 12.8 Å². The highest BCUT2D eigenvalue weighted by atomic mass is 16.5. The van der Waals surface area contributed by atoms with E-state index in [1.165, 1.54) is 57.8 Å². The van der Waals surface area contributed by atoms with Crippen LogP contribution in [0.5, 0.6) is 0 Å². The van der Waals surface area contributed by atoms with Crippen LogP contribution in [-0.4, -0.2) is 23.1 Å². The molecule has 0 aliphatic heterocycles. The third-order valence-electron chi connectivity index (χ3n) is 4.30. The van der Waals surface area contributed by atoms with Gasteiger partial charge in [-0.15, -0.1) is 0 Å². The van der Waals surface area contributed by atoms with Crippen molar-refractivity contribution in [3.63, 3.8) is 0 Å². The van der Waals surface area contributed by atoms with Crippen LogP contribution in [0, 0.1) is 0 Å². The minimum atomic E-state index is -0.907. The van der Waals surface area contributed by atoms with Crippen molar-refractivity contribution >= 4 is 11.9 Å². The van der Waals surface area contributed by atoms with E-state index in [0.29, 0.717) is 12.8 Å². The molecule has 142 valence electrons. The number of esters is 1. The molecule has 1 unspecified atom stereocenters. The van der Waals surface area contributed by atoms with Crippen LogP contribution in [0.1, 0.15) is 110 Å². The largest absolute Gasteiger partial charge is 0.481 e. The minimum absolute atomic E-state index is 0.0855. The predicted octanol–water partition coefficient (Wildman–Crippen LogP) is 5.87. The van der Waals surface area contributed by atoms with Crippen LogP contribution in [0.4, 0.5) is 0 Å². The van der Waals surface area contributed by atoms with Crippen LogP contribution < -0.4 is 0 Å². The maximum Gasteiger partial charge on any atom is 0.307 e. The molecule has 4 nitrogen and oxygen atoms in total. The zero-order valence-electron chi connectivity index (χ0n) is 15.9. The molecule has 0 saturated carbocycles. The summed E-state index contributed by atoms with van der Waals surface area (Å²) in [4.78, 5) is 22.5. The van der Waals surface area contributed by atoms with Crippen molar-refractivity contribution in [1.29, 1.82) is 0 Å². The van der Waals surface area contributed by atoms with Crippen molar-refractivity contribution in [3.05, 3.63) is 0 Å². The number of carbonyl (C=O) groups excluding carboxylic acids is 1. The van der Waals surface area contributed by atoms with Crippen LogP contribution >= 0.6 is 0 Å². The summed E-state index contributed by atoms with van der Waals surface area (Å²) in [7, 11) is 0. The van der Waals surface area contributed by atoms with Crippen molar-refractivity contribution in [1.82, 2.24) is 0 Å². The molecular formula is C20H38O4. The number of hydrogen-bond acceptors (Lipinski definition) is 3. The van der Waals surface area contributed by atoms with Gasteiger partial charge in [0.25, 0.3) is 0 Å². The average molecular weight is 343 g/mol. The Kier molecular flexibility index (Phi) is 16.0. The van der Waals surface area contributed by atoms with Crippen LogP contribution in [0.3, 0.4) is 0 Å². The molecule has 0 radical (unpaired) electrons. The third kappa shape index (κ3) is 15.8. The normalized spacial score (nSPS) is 12.1. The first-order valence-electron chi connectivity index (χ1n) is 10.0. The molecule has 1 atom stereocenters. The fourth-order valence-electron chi connectivity index (χ4n) is 2.90. The van der Waals surface area contributed by atoms with Gasteiger partial charge in [0.05, 0.1) is 6.42 Å². The highest BCUT2D eigenvalue weighted by molar-refractivity contribution is 5.71. The van der Waals surface area contributed by atoms with Gasteiger partial charge in [0.2, 0.25) is 0 Å². The number of ether oxygens (including phenoxy) is 1. The second-order valence-electron chi connectivity index (χ2n) is 6.78. The Morgan fingerprint density at radius 1 is 0.792 bits per heavy atom. The maximum atomic E-state index is 11.8. The summed E-state index contributed by atoms with van der Waals surface area (Å²) in [5.41, 5.74) is 0. The summed E-state index contributed by atoms with van der Waals surface area (Å²) in [6.07, 6.45) is 15.0. The maximum absolute atomic E-state index is 11.8. The first-order chi connectivity index (χ1) is 11.6. The number of aliphatic carboxylic acids is 1. The molecule has 0 saturated heterocycles. The zero-order chi connectivity index (χ0) is 18.0. The summed E-state index contributed by atoms with van der Waals surface area (Å²) in [5.74, 6) is -1.15. The van der Waals surface area contributed by atoms with Crippen molar-refractivity contribution in [2.24, 2.45) is 0 Å². The minimum Gasteiger partial charge on any atom is -0.481 e. The van der Waals surface area contributed by atoms with E-state index in [4.69, 9.17) is 9.84 Å². The first kappa shape index (κ1) is 22.9. The molecular weight excluding hydrogens is 304 g/mol. The number of carboxylic acid groups (broad SMARTS) is 1. The summed E-state index contributed by atoms with van der Waals surface area (Å²) < 4.78 is 5.27. The molecule has 0 aromatic heterocycles. The second-order valence-corrected chi connectivity index (χ2v) is 6.78. The topological polar surface area (TPSA) is 63.6 Å². The highest BCUT2D eigenvalue weighted by Crippen LogP contribution is 2.13. The molecule has 0 aliphatic carbocycles. The van der Waals surface area contributed by atoms with Crippen LogP contribution in [-0.2, 0) is 14.3 Å². The van der Waals surface area contributed by atoms with Gasteiger partial charge in [0.15, 0.2) is 0 Å². The summed E-state index contributed by atoms with van der Waals surface area (Å²) >= 11 is 0. The molecule has 0 spiro atoms. The Labute approximate surface area is 148 Å². The molecule has 0 aromatic carbocycles. The molecule has 0 fully saturated rings. The molecule has 0 rings (SSSR count). The molecule has 0 heterocycles. The lowest BCUT2D eigenvalue weighted by Gasteiger charge is -2.15. The quantitative estimate of drug-likeness (QED) is 0.265. The van der Waals surface area contributed by atoms with Crippen molar-refractivity contribution in [3.8, 4) is 0 Å². The van der Waals surface area contributed by atoms with E-state index >= 15 is 0 Å². The number of rotatable bonds is 17. The molecule has 0 bridgehead atoms. The van der Waals surface area contributed by atoms with E-state index in [0.717, 1.165) is 19.3 Å². The number of hydrogen-bond donors (Lipinski definition) is 1. The van der Waals surface area contributed by atoms with Gasteiger partial charge in [-0.2, -0.15) is 0 Å². The SMILES string of the molecule is CCCCCCCCCCCCCC(=O)OC(CCC)CC(=O)O. The summed E-state index contributed by atoms with van der Waals surface area (Å²) in [6.45, 7) is 4.21. The molecule has 0 aromatic rings. The smallest absolute Gasteiger partial charge is 0.307 e. The Hall–Kier alpha value is -1.06. The van der Waals surface area contributed by atoms with E-state index in [1.807, 2.05) is 6.92 Å². The molecule has 0 aliphatic rings. The lowest BCUT2D eigenvalue weighted by Crippen LogP contribution is -2.21. The first-order valence-corrected chi connectivity index (χ1v) is 10.0. The van der Waals surface area contributed by atoms with Crippen LogP contribution in [0.2, 0.25) is 0 Å². The van der Waals surface area contributed by atoms with Gasteiger partial charge in [-0.3, -0.25) is 9.59 Å². The monoisotopic (exact) mass is 342 g/mol. The number of carboxylic acids is 1. The standard InChI is InChI=1S/C20H38O4/c1-3-5-6-7-8-9-10-11-12-13-14-16-20(23)24-18(15-4-2)17-19(21)22/h18H,3-17H2,1-2H3,(H,21,22). The fourth-order valence-corrected chi connectivity index (χ4v) is 2.90. The fraction of sp³-hybridized carbons (Fsp3) is 0.900. The highest BCUT2D eigenvalue weighted by Gasteiger charge is 2.16. The van der Waals surface area contributed by atoms with Crippen molar-refractivity contribution < 1.29 is 19.4 Å². The number of carbonyl (C=O) groups is 2. The molecule has 24 heavy (non-hydrogen) atoms. The van der Waals surface area contributed by atoms with Gasteiger partial charge in [0.1, 0.15) is 6.10 Å². The van der Waals surface area contributed by atoms with Gasteiger partial charge in [0, 0.05) is 6.42 Å². The second kappa shape index (κ2) is 16.8. The summed E-state index contributed by atoms with van der Waals surface area (Å²) in [5, 5.41) is 8.81. The van der Waals surface area contributed by atoms with E-state index in [9.17, 15) is 9.59 Å². The lowest BCUT2D eigenvalue weighted by molar-refractivity contribution is -0.153. The van der Waals surface area contributed by atoms with Crippen molar-refractivity contribution in [2.75, 3.05) is 0 Å². The van der Waals surface area contributed by atoms with Crippen LogP contribution in [0.15, 0.2) is 0 Å². The number of unbranched alkanes of at least 4 members (excludes halogenated alkanes) is 10. The van der Waals surface area contributed by atoms with Gasteiger partial charge < -0.3 is 9.84 Å². The van der Waals surface area contributed by atoms with Gasteiger partial charge in [-0.25, -0.2) is 0 Å².